The minimum atomic E-state index is 0.503. The van der Waals surface area contributed by atoms with Gasteiger partial charge in [0, 0.05) is 6.54 Å². The molecule has 2 nitrogen and oxygen atoms in total. The molecule has 2 aliphatic rings. The number of nitrogens with zero attached hydrogens (tertiary/aromatic N) is 1. The Morgan fingerprint density at radius 1 is 1.33 bits per heavy atom. The fourth-order valence-corrected chi connectivity index (χ4v) is 3.58. The molecule has 0 saturated heterocycles. The second-order valence-electron chi connectivity index (χ2n) is 5.68. The highest BCUT2D eigenvalue weighted by molar-refractivity contribution is 8.14. The minimum Gasteiger partial charge on any atom is -0.364 e. The summed E-state index contributed by atoms with van der Waals surface area (Å²) in [5.74, 6) is 0. The normalized spacial score (nSPS) is 25.4. The number of thioether (sulfide) groups is 1. The van der Waals surface area contributed by atoms with E-state index < -0.39 is 0 Å². The van der Waals surface area contributed by atoms with Crippen molar-refractivity contribution in [1.29, 1.82) is 0 Å². The summed E-state index contributed by atoms with van der Waals surface area (Å²) in [6, 6.07) is 10.7. The maximum atomic E-state index is 4.62. The van der Waals surface area contributed by atoms with Gasteiger partial charge >= 0.3 is 0 Å². The fourth-order valence-electron chi connectivity index (χ4n) is 2.56. The number of hydrogen-bond donors (Lipinski definition) is 1. The molecule has 1 aliphatic carbocycles. The van der Waals surface area contributed by atoms with E-state index in [4.69, 9.17) is 0 Å². The summed E-state index contributed by atoms with van der Waals surface area (Å²) >= 11 is 1.88. The highest BCUT2D eigenvalue weighted by Crippen LogP contribution is 2.40. The van der Waals surface area contributed by atoms with E-state index in [9.17, 15) is 0 Å². The van der Waals surface area contributed by atoms with Crippen LogP contribution in [0, 0.1) is 5.41 Å². The lowest BCUT2D eigenvalue weighted by atomic mass is 9.70. The van der Waals surface area contributed by atoms with Crippen LogP contribution in [0.5, 0.6) is 0 Å². The van der Waals surface area contributed by atoms with Crippen molar-refractivity contribution < 1.29 is 0 Å². The highest BCUT2D eigenvalue weighted by Gasteiger charge is 2.32. The standard InChI is InChI=1S/C15H20N2S/c1-15(8-5-9-15)11-17-14-16-10-13(18-14)12-6-3-2-4-7-12/h2-4,6-7,13H,5,8-11H2,1H3,(H,16,17). The van der Waals surface area contributed by atoms with Crippen molar-refractivity contribution >= 4 is 16.9 Å². The summed E-state index contributed by atoms with van der Waals surface area (Å²) in [5.41, 5.74) is 1.91. The van der Waals surface area contributed by atoms with E-state index in [2.05, 4.69) is 47.6 Å². The summed E-state index contributed by atoms with van der Waals surface area (Å²) in [5, 5.41) is 5.18. The molecular weight excluding hydrogens is 240 g/mol. The summed E-state index contributed by atoms with van der Waals surface area (Å²) < 4.78 is 0. The second-order valence-corrected chi connectivity index (χ2v) is 6.87. The van der Waals surface area contributed by atoms with Crippen molar-refractivity contribution in [2.24, 2.45) is 10.4 Å². The molecule has 0 spiro atoms. The van der Waals surface area contributed by atoms with Crippen LogP contribution in [-0.2, 0) is 0 Å². The first-order valence-electron chi connectivity index (χ1n) is 6.75. The molecule has 0 amide bonds. The van der Waals surface area contributed by atoms with Crippen LogP contribution in [-0.4, -0.2) is 18.3 Å². The molecule has 3 rings (SSSR count). The van der Waals surface area contributed by atoms with E-state index >= 15 is 0 Å². The van der Waals surface area contributed by atoms with Crippen LogP contribution < -0.4 is 5.32 Å². The van der Waals surface area contributed by atoms with E-state index in [1.54, 1.807) is 0 Å². The number of nitrogens with one attached hydrogen (secondary N) is 1. The number of amidine groups is 1. The third-order valence-corrected chi connectivity index (χ3v) is 5.26. The zero-order chi connectivity index (χ0) is 12.4. The summed E-state index contributed by atoms with van der Waals surface area (Å²) in [4.78, 5) is 4.62. The van der Waals surface area contributed by atoms with Crippen molar-refractivity contribution in [1.82, 2.24) is 5.32 Å². The molecule has 0 aromatic heterocycles. The molecule has 1 aromatic rings. The average molecular weight is 260 g/mol. The van der Waals surface area contributed by atoms with Crippen LogP contribution in [0.4, 0.5) is 0 Å². The van der Waals surface area contributed by atoms with Crippen molar-refractivity contribution in [3.8, 4) is 0 Å². The van der Waals surface area contributed by atoms with Crippen LogP contribution >= 0.6 is 11.8 Å². The smallest absolute Gasteiger partial charge is 0.157 e. The summed E-state index contributed by atoms with van der Waals surface area (Å²) in [7, 11) is 0. The number of hydrogen-bond acceptors (Lipinski definition) is 3. The predicted molar refractivity (Wildman–Crippen MR) is 79.0 cm³/mol. The van der Waals surface area contributed by atoms with E-state index in [1.807, 2.05) is 11.8 Å². The Bertz CT molecular complexity index is 437. The second kappa shape index (κ2) is 4.96. The quantitative estimate of drug-likeness (QED) is 0.898. The van der Waals surface area contributed by atoms with E-state index in [0.717, 1.165) is 18.3 Å². The molecule has 1 aliphatic heterocycles. The van der Waals surface area contributed by atoms with Gasteiger partial charge in [-0.1, -0.05) is 55.4 Å². The molecule has 1 unspecified atom stereocenters. The number of rotatable bonds is 3. The largest absolute Gasteiger partial charge is 0.364 e. The molecule has 3 heteroatoms. The van der Waals surface area contributed by atoms with Crippen LogP contribution in [0.15, 0.2) is 35.3 Å². The van der Waals surface area contributed by atoms with Gasteiger partial charge in [0.2, 0.25) is 0 Å². The number of aliphatic imine (C=N–C) groups is 1. The van der Waals surface area contributed by atoms with Crippen LogP contribution in [0.1, 0.15) is 37.0 Å². The Hall–Kier alpha value is -0.960. The van der Waals surface area contributed by atoms with Crippen molar-refractivity contribution in [2.75, 3.05) is 13.1 Å². The molecule has 1 saturated carbocycles. The van der Waals surface area contributed by atoms with Crippen molar-refractivity contribution in [2.45, 2.75) is 31.4 Å². The molecule has 1 N–H and O–H groups in total. The fraction of sp³-hybridized carbons (Fsp3) is 0.533. The van der Waals surface area contributed by atoms with Gasteiger partial charge in [-0.3, -0.25) is 4.99 Å². The average Bonchev–Trinajstić information content (AvgIpc) is 2.84. The molecule has 1 fully saturated rings. The lowest BCUT2D eigenvalue weighted by Gasteiger charge is -2.38. The molecule has 18 heavy (non-hydrogen) atoms. The van der Waals surface area contributed by atoms with Crippen LogP contribution in [0.25, 0.3) is 0 Å². The Morgan fingerprint density at radius 2 is 2.11 bits per heavy atom. The van der Waals surface area contributed by atoms with Gasteiger partial charge in [0.1, 0.15) is 0 Å². The predicted octanol–water partition coefficient (Wildman–Crippen LogP) is 3.61. The Kier molecular flexibility index (Phi) is 3.33. The number of benzene rings is 1. The molecule has 0 bridgehead atoms. The molecule has 96 valence electrons. The monoisotopic (exact) mass is 260 g/mol. The molecule has 1 atom stereocenters. The molecular formula is C15H20N2S. The lowest BCUT2D eigenvalue weighted by Crippen LogP contribution is -2.38. The van der Waals surface area contributed by atoms with E-state index in [-0.39, 0.29) is 0 Å². The van der Waals surface area contributed by atoms with Gasteiger partial charge in [0.15, 0.2) is 5.17 Å². The Morgan fingerprint density at radius 3 is 2.78 bits per heavy atom. The maximum Gasteiger partial charge on any atom is 0.157 e. The Labute approximate surface area is 113 Å². The Balaban J connectivity index is 1.52. The van der Waals surface area contributed by atoms with Gasteiger partial charge in [-0.15, -0.1) is 0 Å². The van der Waals surface area contributed by atoms with E-state index in [1.165, 1.54) is 24.8 Å². The van der Waals surface area contributed by atoms with Crippen LogP contribution in [0.2, 0.25) is 0 Å². The lowest BCUT2D eigenvalue weighted by molar-refractivity contribution is 0.166. The maximum absolute atomic E-state index is 4.62. The zero-order valence-corrected chi connectivity index (χ0v) is 11.7. The van der Waals surface area contributed by atoms with Crippen molar-refractivity contribution in [3.63, 3.8) is 0 Å². The van der Waals surface area contributed by atoms with E-state index in [0.29, 0.717) is 10.7 Å². The topological polar surface area (TPSA) is 24.4 Å². The van der Waals surface area contributed by atoms with Crippen molar-refractivity contribution in [3.05, 3.63) is 35.9 Å². The first kappa shape index (κ1) is 12.1. The zero-order valence-electron chi connectivity index (χ0n) is 10.9. The van der Waals surface area contributed by atoms with Gasteiger partial charge in [-0.05, 0) is 23.8 Å². The van der Waals surface area contributed by atoms with Gasteiger partial charge in [0.25, 0.3) is 0 Å². The first-order chi connectivity index (χ1) is 8.75. The first-order valence-corrected chi connectivity index (χ1v) is 7.63. The minimum absolute atomic E-state index is 0.503. The molecule has 0 radical (unpaired) electrons. The van der Waals surface area contributed by atoms with Gasteiger partial charge in [0.05, 0.1) is 11.8 Å². The highest BCUT2D eigenvalue weighted by atomic mass is 32.2. The van der Waals surface area contributed by atoms with Gasteiger partial charge in [-0.25, -0.2) is 0 Å². The summed E-state index contributed by atoms with van der Waals surface area (Å²) in [6.45, 7) is 4.37. The molecule has 1 aromatic carbocycles. The van der Waals surface area contributed by atoms with Gasteiger partial charge in [-0.2, -0.15) is 0 Å². The SMILES string of the molecule is CC1(CNC2=NCC(c3ccccc3)S2)CCC1. The third-order valence-electron chi connectivity index (χ3n) is 4.05. The summed E-state index contributed by atoms with van der Waals surface area (Å²) in [6.07, 6.45) is 4.12. The molecule has 1 heterocycles. The van der Waals surface area contributed by atoms with Crippen LogP contribution in [0.3, 0.4) is 0 Å². The van der Waals surface area contributed by atoms with Gasteiger partial charge < -0.3 is 5.32 Å². The third kappa shape index (κ3) is 2.56.